The number of hydrogen-bond donors (Lipinski definition) is 0. The lowest BCUT2D eigenvalue weighted by Gasteiger charge is -2.13. The molecular weight excluding hydrogens is 544 g/mol. The molecule has 1 heterocycles. The van der Waals surface area contributed by atoms with E-state index in [1.54, 1.807) is 0 Å². The zero-order valence-corrected chi connectivity index (χ0v) is 24.3. The van der Waals surface area contributed by atoms with E-state index in [1.165, 1.54) is 70.7 Å². The Morgan fingerprint density at radius 1 is 0.378 bits per heavy atom. The van der Waals surface area contributed by atoms with Crippen LogP contribution in [0.4, 0.5) is 0 Å². The fourth-order valence-corrected chi connectivity index (χ4v) is 7.63. The average Bonchev–Trinajstić information content (AvgIpc) is 3.44. The van der Waals surface area contributed by atoms with Crippen molar-refractivity contribution in [2.75, 3.05) is 0 Å². The Hall–Kier alpha value is -6.17. The van der Waals surface area contributed by atoms with Gasteiger partial charge in [-0.2, -0.15) is 5.26 Å². The first kappa shape index (κ1) is 24.3. The maximum Gasteiger partial charge on any atom is 0.0992 e. The Bertz CT molecular complexity index is 2730. The second-order valence-corrected chi connectivity index (χ2v) is 12.1. The molecule has 0 unspecified atom stereocenters. The Kier molecular flexibility index (Phi) is 4.82. The number of nitrogens with zero attached hydrogens (tertiary/aromatic N) is 2. The highest BCUT2D eigenvalue weighted by Gasteiger charge is 2.19. The van der Waals surface area contributed by atoms with Crippen LogP contribution in [0, 0.1) is 11.3 Å². The lowest BCUT2D eigenvalue weighted by Crippen LogP contribution is -1.94. The first-order valence-corrected chi connectivity index (χ1v) is 15.3. The first-order valence-electron chi connectivity index (χ1n) is 15.3. The molecule has 45 heavy (non-hydrogen) atoms. The molecular formula is C43H24N2. The van der Waals surface area contributed by atoms with E-state index < -0.39 is 0 Å². The van der Waals surface area contributed by atoms with Crippen molar-refractivity contribution in [2.24, 2.45) is 0 Å². The number of para-hydroxylation sites is 1. The van der Waals surface area contributed by atoms with Gasteiger partial charge in [0, 0.05) is 16.5 Å². The summed E-state index contributed by atoms with van der Waals surface area (Å²) in [5.41, 5.74) is 8.77. The number of benzene rings is 9. The van der Waals surface area contributed by atoms with E-state index in [9.17, 15) is 5.26 Å². The van der Waals surface area contributed by atoms with Gasteiger partial charge >= 0.3 is 0 Å². The number of nitriles is 1. The summed E-state index contributed by atoms with van der Waals surface area (Å²) in [6, 6.07) is 55.0. The zero-order valence-electron chi connectivity index (χ0n) is 24.3. The van der Waals surface area contributed by atoms with Crippen LogP contribution in [0.15, 0.2) is 146 Å². The number of aromatic nitrogens is 1. The van der Waals surface area contributed by atoms with Gasteiger partial charge in [0.1, 0.15) is 0 Å². The molecule has 0 atom stereocenters. The molecule has 2 nitrogen and oxygen atoms in total. The molecule has 0 aliphatic heterocycles. The van der Waals surface area contributed by atoms with E-state index >= 15 is 0 Å². The fraction of sp³-hybridized carbons (Fsp3) is 0. The third-order valence-electron chi connectivity index (χ3n) is 9.63. The molecule has 0 bridgehead atoms. The van der Waals surface area contributed by atoms with Crippen molar-refractivity contribution in [3.63, 3.8) is 0 Å². The summed E-state index contributed by atoms with van der Waals surface area (Å²) in [4.78, 5) is 0. The van der Waals surface area contributed by atoms with Crippen LogP contribution in [-0.4, -0.2) is 4.57 Å². The Morgan fingerprint density at radius 2 is 0.867 bits per heavy atom. The third kappa shape index (κ3) is 3.44. The van der Waals surface area contributed by atoms with Crippen LogP contribution in [-0.2, 0) is 0 Å². The predicted molar refractivity (Wildman–Crippen MR) is 189 cm³/mol. The highest BCUT2D eigenvalue weighted by molar-refractivity contribution is 6.26. The molecule has 10 aromatic rings. The highest BCUT2D eigenvalue weighted by atomic mass is 15.0. The van der Waals surface area contributed by atoms with Crippen LogP contribution < -0.4 is 0 Å². The standard InChI is InChI=1S/C43H24N2/c44-25-26-19-31-17-18-34-23-36(24-39-43(34)42(31)38(20-26)45(39)37-7-2-1-3-8-37)28-11-9-27(10-12-28)35-21-32-15-13-29-5-4-6-30-14-16-33(22-35)41(32)40(29)30/h1-24H. The van der Waals surface area contributed by atoms with Crippen molar-refractivity contribution in [3.8, 4) is 34.0 Å². The fourth-order valence-electron chi connectivity index (χ4n) is 7.63. The topological polar surface area (TPSA) is 28.7 Å². The van der Waals surface area contributed by atoms with Crippen LogP contribution in [0.2, 0.25) is 0 Å². The summed E-state index contributed by atoms with van der Waals surface area (Å²) in [7, 11) is 0. The van der Waals surface area contributed by atoms with E-state index in [2.05, 4.69) is 138 Å². The van der Waals surface area contributed by atoms with Crippen LogP contribution in [0.5, 0.6) is 0 Å². The molecule has 0 fully saturated rings. The zero-order chi connectivity index (χ0) is 29.6. The predicted octanol–water partition coefficient (Wildman–Crippen LogP) is 11.5. The van der Waals surface area contributed by atoms with Crippen LogP contribution in [0.25, 0.3) is 92.8 Å². The number of rotatable bonds is 3. The first-order chi connectivity index (χ1) is 22.2. The summed E-state index contributed by atoms with van der Waals surface area (Å²) >= 11 is 0. The van der Waals surface area contributed by atoms with Gasteiger partial charge in [-0.05, 0) is 114 Å². The molecule has 206 valence electrons. The minimum atomic E-state index is 0.674. The minimum absolute atomic E-state index is 0.674. The molecule has 0 N–H and O–H groups in total. The van der Waals surface area contributed by atoms with E-state index in [4.69, 9.17) is 0 Å². The lowest BCUT2D eigenvalue weighted by molar-refractivity contribution is 1.18. The van der Waals surface area contributed by atoms with Gasteiger partial charge in [-0.1, -0.05) is 97.1 Å². The molecule has 0 aliphatic carbocycles. The maximum absolute atomic E-state index is 9.81. The molecule has 10 rings (SSSR count). The van der Waals surface area contributed by atoms with Crippen molar-refractivity contribution < 1.29 is 0 Å². The minimum Gasteiger partial charge on any atom is -0.309 e. The largest absolute Gasteiger partial charge is 0.309 e. The Balaban J connectivity index is 1.14. The van der Waals surface area contributed by atoms with Gasteiger partial charge in [0.2, 0.25) is 0 Å². The quantitative estimate of drug-likeness (QED) is 0.195. The van der Waals surface area contributed by atoms with Gasteiger partial charge in [-0.25, -0.2) is 0 Å². The molecule has 0 saturated carbocycles. The number of hydrogen-bond acceptors (Lipinski definition) is 1. The van der Waals surface area contributed by atoms with Crippen molar-refractivity contribution in [1.29, 1.82) is 5.26 Å². The second kappa shape index (κ2) is 8.92. The smallest absolute Gasteiger partial charge is 0.0992 e. The Labute approximate surface area is 259 Å². The molecule has 0 spiro atoms. The normalized spacial score (nSPS) is 12.0. The van der Waals surface area contributed by atoms with Crippen molar-refractivity contribution in [2.45, 2.75) is 0 Å². The van der Waals surface area contributed by atoms with Gasteiger partial charge < -0.3 is 4.57 Å². The maximum atomic E-state index is 9.81. The van der Waals surface area contributed by atoms with Crippen molar-refractivity contribution in [3.05, 3.63) is 151 Å². The molecule has 0 saturated heterocycles. The lowest BCUT2D eigenvalue weighted by atomic mass is 9.91. The molecule has 0 amide bonds. The van der Waals surface area contributed by atoms with E-state index in [0.29, 0.717) is 5.56 Å². The SMILES string of the molecule is N#Cc1cc2ccc3cc(-c4ccc(-c5cc6ccc7cccc8ccc(c5)c6c78)cc4)cc4c3c2c(c1)n4-c1ccccc1. The molecule has 1 aromatic heterocycles. The van der Waals surface area contributed by atoms with Gasteiger partial charge in [0.25, 0.3) is 0 Å². The van der Waals surface area contributed by atoms with Crippen LogP contribution in [0.3, 0.4) is 0 Å². The molecule has 9 aromatic carbocycles. The molecule has 2 heteroatoms. The van der Waals surface area contributed by atoms with Gasteiger partial charge in [-0.3, -0.25) is 0 Å². The van der Waals surface area contributed by atoms with E-state index in [1.807, 2.05) is 18.2 Å². The average molecular weight is 569 g/mol. The summed E-state index contributed by atoms with van der Waals surface area (Å²) in [6.07, 6.45) is 0. The second-order valence-electron chi connectivity index (χ2n) is 12.1. The molecule has 0 aliphatic rings. The van der Waals surface area contributed by atoms with Crippen LogP contribution in [0.1, 0.15) is 5.56 Å². The monoisotopic (exact) mass is 568 g/mol. The Morgan fingerprint density at radius 3 is 1.47 bits per heavy atom. The van der Waals surface area contributed by atoms with Crippen LogP contribution >= 0.6 is 0 Å². The van der Waals surface area contributed by atoms with E-state index in [-0.39, 0.29) is 0 Å². The van der Waals surface area contributed by atoms with Gasteiger partial charge in [0.15, 0.2) is 0 Å². The van der Waals surface area contributed by atoms with Crippen molar-refractivity contribution >= 4 is 64.9 Å². The van der Waals surface area contributed by atoms with Crippen molar-refractivity contribution in [1.82, 2.24) is 4.57 Å². The summed E-state index contributed by atoms with van der Waals surface area (Å²) in [5, 5.41) is 22.4. The molecule has 0 radical (unpaired) electrons. The summed E-state index contributed by atoms with van der Waals surface area (Å²) in [6.45, 7) is 0. The summed E-state index contributed by atoms with van der Waals surface area (Å²) in [5.74, 6) is 0. The van der Waals surface area contributed by atoms with Gasteiger partial charge in [0.05, 0.1) is 22.7 Å². The van der Waals surface area contributed by atoms with Gasteiger partial charge in [-0.15, -0.1) is 0 Å². The summed E-state index contributed by atoms with van der Waals surface area (Å²) < 4.78 is 2.31. The third-order valence-corrected chi connectivity index (χ3v) is 9.63. The van der Waals surface area contributed by atoms with E-state index in [0.717, 1.165) is 22.1 Å². The highest BCUT2D eigenvalue weighted by Crippen LogP contribution is 2.42.